The molecule has 1 unspecified atom stereocenters. The van der Waals surface area contributed by atoms with Crippen LogP contribution in [0.25, 0.3) is 23.2 Å². The van der Waals surface area contributed by atoms with E-state index in [4.69, 9.17) is 0 Å². The summed E-state index contributed by atoms with van der Waals surface area (Å²) in [6.45, 7) is 4.08. The highest BCUT2D eigenvalue weighted by atomic mass is 32.1. The molecule has 0 saturated carbocycles. The van der Waals surface area contributed by atoms with Gasteiger partial charge in [0.25, 0.3) is 0 Å². The maximum absolute atomic E-state index is 11.5. The number of aromatic carboxylic acids is 1. The Morgan fingerprint density at radius 3 is 2.87 bits per heavy atom. The van der Waals surface area contributed by atoms with Crippen LogP contribution in [-0.4, -0.2) is 35.4 Å². The summed E-state index contributed by atoms with van der Waals surface area (Å²) in [6.07, 6.45) is 5.94. The lowest BCUT2D eigenvalue weighted by atomic mass is 10.1. The normalized spacial score (nSPS) is 13.0. The van der Waals surface area contributed by atoms with Gasteiger partial charge in [0.2, 0.25) is 0 Å². The molecule has 3 aromatic rings. The number of carboxylic acid groups (broad SMARTS) is 1. The minimum absolute atomic E-state index is 0.142. The van der Waals surface area contributed by atoms with E-state index in [-0.39, 0.29) is 11.6 Å². The van der Waals surface area contributed by atoms with Crippen molar-refractivity contribution < 1.29 is 9.90 Å². The largest absolute Gasteiger partial charge is 0.478 e. The number of nitrogens with zero attached hydrogens (tertiary/aromatic N) is 5. The first-order valence-corrected chi connectivity index (χ1v) is 8.00. The van der Waals surface area contributed by atoms with E-state index in [1.807, 2.05) is 6.92 Å². The van der Waals surface area contributed by atoms with E-state index < -0.39 is 5.97 Å². The quantitative estimate of drug-likeness (QED) is 0.773. The summed E-state index contributed by atoms with van der Waals surface area (Å²) in [5.41, 5.74) is 2.04. The molecule has 3 heterocycles. The van der Waals surface area contributed by atoms with Gasteiger partial charge in [0, 0.05) is 5.38 Å². The first-order chi connectivity index (χ1) is 11.1. The molecule has 3 aromatic heterocycles. The number of rotatable bonds is 5. The van der Waals surface area contributed by atoms with Gasteiger partial charge in [-0.05, 0) is 43.1 Å². The molecular weight excluding hydrogens is 314 g/mol. The fraction of sp³-hybridized carbons (Fsp3) is 0.267. The summed E-state index contributed by atoms with van der Waals surface area (Å²) in [5.74, 6) is -0.994. The lowest BCUT2D eigenvalue weighted by Gasteiger charge is -2.10. The highest BCUT2D eigenvalue weighted by Gasteiger charge is 2.17. The molecule has 0 aliphatic carbocycles. The molecule has 0 bridgehead atoms. The summed E-state index contributed by atoms with van der Waals surface area (Å²) in [6, 6.07) is 1.69. The Morgan fingerprint density at radius 2 is 2.22 bits per heavy atom. The molecule has 0 radical (unpaired) electrons. The average molecular weight is 329 g/mol. The number of pyridine rings is 1. The second-order valence-corrected chi connectivity index (χ2v) is 5.76. The summed E-state index contributed by atoms with van der Waals surface area (Å²) in [5, 5.41) is 20.0. The first-order valence-electron chi connectivity index (χ1n) is 7.16. The van der Waals surface area contributed by atoms with Crippen LogP contribution in [0.15, 0.2) is 17.6 Å². The molecule has 3 rings (SSSR count). The topological polar surface area (TPSA) is 93.8 Å². The predicted octanol–water partition coefficient (Wildman–Crippen LogP) is 3.12. The van der Waals surface area contributed by atoms with Crippen molar-refractivity contribution >= 4 is 40.7 Å². The Hall–Kier alpha value is -2.61. The zero-order valence-electron chi connectivity index (χ0n) is 12.7. The molecule has 7 nitrogen and oxygen atoms in total. The van der Waals surface area contributed by atoms with Crippen molar-refractivity contribution in [3.8, 4) is 0 Å². The van der Waals surface area contributed by atoms with Gasteiger partial charge in [0.1, 0.15) is 0 Å². The number of fused-ring (bicyclic) bond motifs is 1. The number of aromatic nitrogens is 5. The van der Waals surface area contributed by atoms with Crippen LogP contribution in [0, 0.1) is 0 Å². The van der Waals surface area contributed by atoms with Crippen molar-refractivity contribution in [3.05, 3.63) is 34.6 Å². The van der Waals surface area contributed by atoms with Gasteiger partial charge in [-0.1, -0.05) is 11.4 Å². The minimum atomic E-state index is -0.994. The maximum Gasteiger partial charge on any atom is 0.336 e. The average Bonchev–Trinajstić information content (AvgIpc) is 3.20. The summed E-state index contributed by atoms with van der Waals surface area (Å²) < 4.78 is 5.55. The Labute approximate surface area is 136 Å². The van der Waals surface area contributed by atoms with Crippen LogP contribution in [0.4, 0.5) is 0 Å². The lowest BCUT2D eigenvalue weighted by Crippen LogP contribution is -2.07. The van der Waals surface area contributed by atoms with Gasteiger partial charge < -0.3 is 5.11 Å². The summed E-state index contributed by atoms with van der Waals surface area (Å²) >= 11 is 1.26. The number of carboxylic acids is 1. The molecule has 0 fully saturated rings. The van der Waals surface area contributed by atoms with Crippen molar-refractivity contribution in [2.24, 2.45) is 0 Å². The lowest BCUT2D eigenvalue weighted by molar-refractivity contribution is 0.0699. The zero-order valence-corrected chi connectivity index (χ0v) is 13.5. The Morgan fingerprint density at radius 1 is 1.43 bits per heavy atom. The third-order valence-electron chi connectivity index (χ3n) is 3.63. The van der Waals surface area contributed by atoms with E-state index in [1.165, 1.54) is 11.5 Å². The summed E-state index contributed by atoms with van der Waals surface area (Å²) in [7, 11) is 0. The molecule has 8 heteroatoms. The summed E-state index contributed by atoms with van der Waals surface area (Å²) in [4.78, 5) is 16.1. The van der Waals surface area contributed by atoms with Crippen molar-refractivity contribution in [3.63, 3.8) is 0 Å². The molecule has 0 aliphatic heterocycles. The van der Waals surface area contributed by atoms with Crippen LogP contribution in [0.5, 0.6) is 0 Å². The van der Waals surface area contributed by atoms with E-state index in [0.29, 0.717) is 22.4 Å². The molecule has 1 atom stereocenters. The van der Waals surface area contributed by atoms with E-state index in [9.17, 15) is 9.90 Å². The van der Waals surface area contributed by atoms with Gasteiger partial charge in [0.15, 0.2) is 5.65 Å². The molecule has 0 aliphatic rings. The number of hydrogen-bond donors (Lipinski definition) is 1. The molecule has 23 heavy (non-hydrogen) atoms. The third kappa shape index (κ3) is 2.98. The van der Waals surface area contributed by atoms with Crippen LogP contribution in [-0.2, 0) is 0 Å². The van der Waals surface area contributed by atoms with E-state index in [1.54, 1.807) is 34.5 Å². The maximum atomic E-state index is 11.5. The number of carbonyl (C=O) groups is 1. The van der Waals surface area contributed by atoms with Crippen LogP contribution in [0.1, 0.15) is 48.1 Å². The van der Waals surface area contributed by atoms with Crippen LogP contribution in [0.2, 0.25) is 0 Å². The van der Waals surface area contributed by atoms with E-state index in [0.717, 1.165) is 6.42 Å². The fourth-order valence-corrected chi connectivity index (χ4v) is 2.63. The Bertz CT molecular complexity index is 870. The molecule has 0 amide bonds. The van der Waals surface area contributed by atoms with Crippen LogP contribution in [0.3, 0.4) is 0 Å². The Balaban J connectivity index is 2.13. The fourth-order valence-electron chi connectivity index (χ4n) is 2.21. The smallest absolute Gasteiger partial charge is 0.336 e. The van der Waals surface area contributed by atoms with Crippen LogP contribution >= 0.6 is 11.5 Å². The Kier molecular flexibility index (Phi) is 4.16. The van der Waals surface area contributed by atoms with E-state index in [2.05, 4.69) is 26.6 Å². The second kappa shape index (κ2) is 6.25. The van der Waals surface area contributed by atoms with Crippen molar-refractivity contribution in [1.82, 2.24) is 24.4 Å². The highest BCUT2D eigenvalue weighted by molar-refractivity contribution is 7.03. The predicted molar refractivity (Wildman–Crippen MR) is 88.3 cm³/mol. The highest BCUT2D eigenvalue weighted by Crippen LogP contribution is 2.23. The molecule has 0 spiro atoms. The second-order valence-electron chi connectivity index (χ2n) is 5.15. The van der Waals surface area contributed by atoms with Crippen molar-refractivity contribution in [1.29, 1.82) is 0 Å². The molecule has 0 saturated heterocycles. The van der Waals surface area contributed by atoms with Gasteiger partial charge in [-0.25, -0.2) is 14.5 Å². The zero-order chi connectivity index (χ0) is 16.4. The molecule has 0 aromatic carbocycles. The molecule has 118 valence electrons. The standard InChI is InChI=1S/C15H15N5O2S/c1-3-9(2)20-14-13(7-16-20)12(15(21)22)6-10(17-14)4-5-11-8-23-19-18-11/h4-9H,3H2,1-2H3,(H,21,22)/b5-4+. The van der Waals surface area contributed by atoms with Crippen molar-refractivity contribution in [2.75, 3.05) is 0 Å². The van der Waals surface area contributed by atoms with E-state index >= 15 is 0 Å². The van der Waals surface area contributed by atoms with Crippen LogP contribution < -0.4 is 0 Å². The minimum Gasteiger partial charge on any atom is -0.478 e. The van der Waals surface area contributed by atoms with Crippen molar-refractivity contribution in [2.45, 2.75) is 26.3 Å². The van der Waals surface area contributed by atoms with Gasteiger partial charge in [-0.2, -0.15) is 5.10 Å². The van der Waals surface area contributed by atoms with Gasteiger partial charge in [0.05, 0.1) is 34.6 Å². The van der Waals surface area contributed by atoms with Gasteiger partial charge in [-0.3, -0.25) is 0 Å². The van der Waals surface area contributed by atoms with Gasteiger partial charge >= 0.3 is 5.97 Å². The first kappa shape index (κ1) is 15.3. The third-order valence-corrected chi connectivity index (χ3v) is 4.15. The molecule has 1 N–H and O–H groups in total. The SMILES string of the molecule is CCC(C)n1ncc2c(C(=O)O)cc(/C=C/c3csnn3)nc21. The molecular formula is C15H15N5O2S. The number of hydrogen-bond acceptors (Lipinski definition) is 6. The monoisotopic (exact) mass is 329 g/mol. The van der Waals surface area contributed by atoms with Gasteiger partial charge in [-0.15, -0.1) is 5.10 Å².